The minimum Gasteiger partial charge on any atom is -0.352 e. The Morgan fingerprint density at radius 1 is 1.15 bits per heavy atom. The summed E-state index contributed by atoms with van der Waals surface area (Å²) >= 11 is 0. The smallest absolute Gasteiger partial charge is 0.246 e. The van der Waals surface area contributed by atoms with Gasteiger partial charge in [-0.15, -0.1) is 0 Å². The maximum atomic E-state index is 13.4. The number of carbonyl (C=O) groups is 3. The van der Waals surface area contributed by atoms with Crippen molar-refractivity contribution in [2.24, 2.45) is 17.3 Å². The summed E-state index contributed by atoms with van der Waals surface area (Å²) in [5.74, 6) is 0.201. The van der Waals surface area contributed by atoms with Gasteiger partial charge in [0.05, 0.1) is 6.04 Å². The molecule has 2 rings (SSSR count). The van der Waals surface area contributed by atoms with Crippen molar-refractivity contribution >= 4 is 17.7 Å². The Balaban J connectivity index is 2.19. The molecule has 0 bridgehead atoms. The highest BCUT2D eigenvalue weighted by Gasteiger charge is 2.49. The van der Waals surface area contributed by atoms with Gasteiger partial charge in [-0.3, -0.25) is 14.4 Å². The summed E-state index contributed by atoms with van der Waals surface area (Å²) in [5, 5.41) is 6.03. The van der Waals surface area contributed by atoms with E-state index < -0.39 is 6.04 Å². The molecule has 1 saturated carbocycles. The van der Waals surface area contributed by atoms with Crippen LogP contribution in [0.4, 0.5) is 0 Å². The van der Waals surface area contributed by atoms with Crippen LogP contribution in [0.25, 0.3) is 0 Å². The van der Waals surface area contributed by atoms with Crippen LogP contribution >= 0.6 is 0 Å². The zero-order valence-corrected chi connectivity index (χ0v) is 17.1. The lowest BCUT2D eigenvalue weighted by atomic mass is 9.85. The van der Waals surface area contributed by atoms with Crippen molar-refractivity contribution in [1.29, 1.82) is 0 Å². The van der Waals surface area contributed by atoms with Gasteiger partial charge in [-0.25, -0.2) is 0 Å². The topological polar surface area (TPSA) is 78.5 Å². The van der Waals surface area contributed by atoms with E-state index in [-0.39, 0.29) is 41.1 Å². The zero-order valence-electron chi connectivity index (χ0n) is 17.1. The van der Waals surface area contributed by atoms with E-state index in [1.54, 1.807) is 0 Å². The molecule has 0 radical (unpaired) electrons. The van der Waals surface area contributed by atoms with Crippen LogP contribution in [-0.2, 0) is 14.4 Å². The van der Waals surface area contributed by atoms with Crippen LogP contribution in [0.2, 0.25) is 0 Å². The Kier molecular flexibility index (Phi) is 6.35. The number of nitrogens with zero attached hydrogens (tertiary/aromatic N) is 1. The van der Waals surface area contributed by atoms with Crippen LogP contribution in [0.15, 0.2) is 0 Å². The Labute approximate surface area is 157 Å². The molecule has 0 aromatic heterocycles. The third-order valence-corrected chi connectivity index (χ3v) is 5.98. The molecular formula is C20H35N3O3. The largest absolute Gasteiger partial charge is 0.352 e. The van der Waals surface area contributed by atoms with Gasteiger partial charge in [0.1, 0.15) is 6.04 Å². The first-order valence-corrected chi connectivity index (χ1v) is 9.94. The quantitative estimate of drug-likeness (QED) is 0.783. The number of likely N-dealkylation sites (tertiary alicyclic amines) is 1. The zero-order chi connectivity index (χ0) is 19.6. The molecule has 1 aliphatic heterocycles. The molecule has 3 amide bonds. The van der Waals surface area contributed by atoms with Gasteiger partial charge in [0.2, 0.25) is 17.7 Å². The van der Waals surface area contributed by atoms with Crippen molar-refractivity contribution in [2.75, 3.05) is 6.54 Å². The van der Waals surface area contributed by atoms with Crippen LogP contribution in [0.1, 0.15) is 67.2 Å². The van der Waals surface area contributed by atoms with Crippen molar-refractivity contribution in [3.05, 3.63) is 0 Å². The molecule has 1 aliphatic carbocycles. The molecule has 148 valence electrons. The Morgan fingerprint density at radius 3 is 2.35 bits per heavy atom. The van der Waals surface area contributed by atoms with Crippen molar-refractivity contribution in [1.82, 2.24) is 15.5 Å². The Morgan fingerprint density at radius 2 is 1.81 bits per heavy atom. The van der Waals surface area contributed by atoms with Crippen LogP contribution in [0.3, 0.4) is 0 Å². The number of fused-ring (bicyclic) bond motifs is 1. The molecular weight excluding hydrogens is 330 g/mol. The van der Waals surface area contributed by atoms with Gasteiger partial charge in [-0.05, 0) is 37.0 Å². The molecule has 5 atom stereocenters. The summed E-state index contributed by atoms with van der Waals surface area (Å²) in [6, 6.07) is -0.479. The van der Waals surface area contributed by atoms with Crippen LogP contribution in [0, 0.1) is 17.3 Å². The highest BCUT2D eigenvalue weighted by molar-refractivity contribution is 5.89. The summed E-state index contributed by atoms with van der Waals surface area (Å²) in [6.45, 7) is 12.0. The number of hydrogen-bond acceptors (Lipinski definition) is 3. The van der Waals surface area contributed by atoms with Crippen LogP contribution < -0.4 is 10.6 Å². The second kappa shape index (κ2) is 7.97. The summed E-state index contributed by atoms with van der Waals surface area (Å²) in [4.78, 5) is 39.3. The van der Waals surface area contributed by atoms with Crippen LogP contribution in [-0.4, -0.2) is 47.3 Å². The molecule has 2 aliphatic rings. The molecule has 0 aromatic carbocycles. The third-order valence-electron chi connectivity index (χ3n) is 5.98. The van der Waals surface area contributed by atoms with Crippen molar-refractivity contribution in [3.8, 4) is 0 Å². The van der Waals surface area contributed by atoms with Crippen molar-refractivity contribution < 1.29 is 14.4 Å². The SMILES string of the molecule is CC[C@@H](C)C(=O)N[C@H](C(=O)N1CC[C@H]2CC[C@H](NC(C)=O)[C@H]21)C(C)(C)C. The average Bonchev–Trinajstić information content (AvgIpc) is 3.12. The number of nitrogens with one attached hydrogen (secondary N) is 2. The molecule has 6 nitrogen and oxygen atoms in total. The summed E-state index contributed by atoms with van der Waals surface area (Å²) in [5.41, 5.74) is -0.375. The molecule has 2 N–H and O–H groups in total. The van der Waals surface area contributed by atoms with Crippen molar-refractivity contribution in [2.45, 2.75) is 85.4 Å². The monoisotopic (exact) mass is 365 g/mol. The highest BCUT2D eigenvalue weighted by atomic mass is 16.2. The van der Waals surface area contributed by atoms with E-state index in [2.05, 4.69) is 10.6 Å². The lowest BCUT2D eigenvalue weighted by Gasteiger charge is -2.37. The highest BCUT2D eigenvalue weighted by Crippen LogP contribution is 2.39. The summed E-state index contributed by atoms with van der Waals surface area (Å²) in [7, 11) is 0. The van der Waals surface area contributed by atoms with E-state index in [4.69, 9.17) is 0 Å². The Bertz CT molecular complexity index is 555. The van der Waals surface area contributed by atoms with Gasteiger partial charge >= 0.3 is 0 Å². The molecule has 0 spiro atoms. The summed E-state index contributed by atoms with van der Waals surface area (Å²) in [6.07, 6.45) is 3.68. The fraction of sp³-hybridized carbons (Fsp3) is 0.850. The second-order valence-electron chi connectivity index (χ2n) is 9.07. The van der Waals surface area contributed by atoms with Gasteiger partial charge in [-0.2, -0.15) is 0 Å². The number of amides is 3. The van der Waals surface area contributed by atoms with Gasteiger partial charge in [0.15, 0.2) is 0 Å². The van der Waals surface area contributed by atoms with Crippen LogP contribution in [0.5, 0.6) is 0 Å². The molecule has 26 heavy (non-hydrogen) atoms. The van der Waals surface area contributed by atoms with Gasteiger partial charge in [0.25, 0.3) is 0 Å². The lowest BCUT2D eigenvalue weighted by molar-refractivity contribution is -0.141. The fourth-order valence-electron chi connectivity index (χ4n) is 4.26. The predicted octanol–water partition coefficient (Wildman–Crippen LogP) is 2.08. The van der Waals surface area contributed by atoms with Gasteiger partial charge < -0.3 is 15.5 Å². The molecule has 1 heterocycles. The fourth-order valence-corrected chi connectivity index (χ4v) is 4.26. The van der Waals surface area contributed by atoms with E-state index in [0.717, 1.165) is 25.7 Å². The van der Waals surface area contributed by atoms with Crippen molar-refractivity contribution in [3.63, 3.8) is 0 Å². The number of hydrogen-bond donors (Lipinski definition) is 2. The number of carbonyl (C=O) groups excluding carboxylic acids is 3. The second-order valence-corrected chi connectivity index (χ2v) is 9.07. The van der Waals surface area contributed by atoms with E-state index >= 15 is 0 Å². The molecule has 6 heteroatoms. The number of rotatable bonds is 5. The Hall–Kier alpha value is -1.59. The minimum atomic E-state index is -0.554. The standard InChI is InChI=1S/C20H35N3O3/c1-7-12(2)18(25)22-17(20(4,5)6)19(26)23-11-10-14-8-9-15(16(14)23)21-13(3)24/h12,14-17H,7-11H2,1-6H3,(H,21,24)(H,22,25)/t12-,14-,15+,16+,17-/m1/s1. The predicted molar refractivity (Wildman–Crippen MR) is 101 cm³/mol. The first-order chi connectivity index (χ1) is 12.1. The van der Waals surface area contributed by atoms with E-state index in [9.17, 15) is 14.4 Å². The molecule has 0 unspecified atom stereocenters. The minimum absolute atomic E-state index is 0.0149. The molecule has 2 fully saturated rings. The normalized spacial score (nSPS) is 27.6. The molecule has 0 aromatic rings. The average molecular weight is 366 g/mol. The van der Waals surface area contributed by atoms with E-state index in [0.29, 0.717) is 12.5 Å². The van der Waals surface area contributed by atoms with E-state index in [1.165, 1.54) is 6.92 Å². The first kappa shape index (κ1) is 20.7. The first-order valence-electron chi connectivity index (χ1n) is 9.94. The summed E-state index contributed by atoms with van der Waals surface area (Å²) < 4.78 is 0. The lowest BCUT2D eigenvalue weighted by Crippen LogP contribution is -2.59. The molecule has 1 saturated heterocycles. The maximum Gasteiger partial charge on any atom is 0.246 e. The van der Waals surface area contributed by atoms with E-state index in [1.807, 2.05) is 39.5 Å². The maximum absolute atomic E-state index is 13.4. The third kappa shape index (κ3) is 4.38. The van der Waals surface area contributed by atoms with Gasteiger partial charge in [-0.1, -0.05) is 34.6 Å². The van der Waals surface area contributed by atoms with Gasteiger partial charge in [0, 0.05) is 25.4 Å².